The Bertz CT molecular complexity index is 165. The van der Waals surface area contributed by atoms with Crippen molar-refractivity contribution in [1.29, 1.82) is 0 Å². The lowest BCUT2D eigenvalue weighted by Gasteiger charge is -2.30. The number of carbonyl (C=O) groups is 1. The molecule has 4 heteroatoms. The van der Waals surface area contributed by atoms with Gasteiger partial charge in [-0.05, 0) is 44.8 Å². The molecular formula is C10H21NO3. The average molecular weight is 203 g/mol. The van der Waals surface area contributed by atoms with Gasteiger partial charge in [0.1, 0.15) is 0 Å². The van der Waals surface area contributed by atoms with Gasteiger partial charge in [-0.25, -0.2) is 0 Å². The summed E-state index contributed by atoms with van der Waals surface area (Å²) in [6.45, 7) is 5.53. The first kappa shape index (κ1) is 13.4. The van der Waals surface area contributed by atoms with Crippen molar-refractivity contribution in [2.75, 3.05) is 19.6 Å². The standard InChI is InChI=1S/C10H19NO2.H2O/c1-2-5-11-6-3-9(4-7-11)8-10(12)13;/h9H,2-8H2,1H3,(H,12,13);1H2. The fraction of sp³-hybridized carbons (Fsp3) is 0.900. The highest BCUT2D eigenvalue weighted by Crippen LogP contribution is 2.20. The fourth-order valence-electron chi connectivity index (χ4n) is 1.98. The second-order valence-corrected chi connectivity index (χ2v) is 3.88. The van der Waals surface area contributed by atoms with Crippen molar-refractivity contribution >= 4 is 5.97 Å². The van der Waals surface area contributed by atoms with Gasteiger partial charge in [-0.3, -0.25) is 4.79 Å². The number of aliphatic carboxylic acids is 1. The van der Waals surface area contributed by atoms with Crippen LogP contribution in [0, 0.1) is 5.92 Å². The van der Waals surface area contributed by atoms with Crippen LogP contribution in [0.5, 0.6) is 0 Å². The summed E-state index contributed by atoms with van der Waals surface area (Å²) >= 11 is 0. The van der Waals surface area contributed by atoms with E-state index >= 15 is 0 Å². The van der Waals surface area contributed by atoms with Gasteiger partial charge < -0.3 is 15.5 Å². The Hall–Kier alpha value is -0.610. The first-order valence-corrected chi connectivity index (χ1v) is 5.16. The Morgan fingerprint density at radius 3 is 2.43 bits per heavy atom. The number of carboxylic acid groups (broad SMARTS) is 1. The molecule has 0 spiro atoms. The van der Waals surface area contributed by atoms with Crippen LogP contribution < -0.4 is 0 Å². The normalized spacial score (nSPS) is 18.9. The number of nitrogens with zero attached hydrogens (tertiary/aromatic N) is 1. The van der Waals surface area contributed by atoms with Gasteiger partial charge in [0.2, 0.25) is 0 Å². The second-order valence-electron chi connectivity index (χ2n) is 3.88. The molecule has 1 rings (SSSR count). The van der Waals surface area contributed by atoms with Crippen LogP contribution in [0.3, 0.4) is 0 Å². The monoisotopic (exact) mass is 203 g/mol. The number of piperidine rings is 1. The molecule has 4 nitrogen and oxygen atoms in total. The van der Waals surface area contributed by atoms with E-state index in [1.54, 1.807) is 0 Å². The maximum Gasteiger partial charge on any atom is 0.303 e. The molecule has 0 radical (unpaired) electrons. The molecule has 1 aliphatic heterocycles. The van der Waals surface area contributed by atoms with E-state index in [0.717, 1.165) is 25.9 Å². The van der Waals surface area contributed by atoms with Crippen LogP contribution in [-0.2, 0) is 4.79 Å². The molecule has 14 heavy (non-hydrogen) atoms. The predicted molar refractivity (Wildman–Crippen MR) is 55.3 cm³/mol. The molecule has 0 aliphatic carbocycles. The highest BCUT2D eigenvalue weighted by atomic mass is 16.4. The Morgan fingerprint density at radius 1 is 1.43 bits per heavy atom. The zero-order chi connectivity index (χ0) is 9.68. The zero-order valence-electron chi connectivity index (χ0n) is 8.83. The number of hydrogen-bond donors (Lipinski definition) is 1. The third-order valence-corrected chi connectivity index (χ3v) is 2.71. The Morgan fingerprint density at radius 2 is 2.00 bits per heavy atom. The molecule has 1 aliphatic rings. The van der Waals surface area contributed by atoms with E-state index in [4.69, 9.17) is 5.11 Å². The molecule has 0 saturated carbocycles. The van der Waals surface area contributed by atoms with Gasteiger partial charge in [0.25, 0.3) is 0 Å². The van der Waals surface area contributed by atoms with Crippen molar-refractivity contribution in [1.82, 2.24) is 4.90 Å². The van der Waals surface area contributed by atoms with Gasteiger partial charge in [0, 0.05) is 6.42 Å². The summed E-state index contributed by atoms with van der Waals surface area (Å²) in [5.74, 6) is -0.223. The van der Waals surface area contributed by atoms with Crippen molar-refractivity contribution in [2.45, 2.75) is 32.6 Å². The zero-order valence-corrected chi connectivity index (χ0v) is 8.83. The number of hydrogen-bond acceptors (Lipinski definition) is 2. The van der Waals surface area contributed by atoms with Gasteiger partial charge in [0.05, 0.1) is 0 Å². The van der Waals surface area contributed by atoms with Crippen LogP contribution >= 0.6 is 0 Å². The maximum atomic E-state index is 10.5. The van der Waals surface area contributed by atoms with Crippen LogP contribution in [0.25, 0.3) is 0 Å². The third kappa shape index (κ3) is 4.58. The van der Waals surface area contributed by atoms with Gasteiger partial charge in [-0.1, -0.05) is 6.92 Å². The van der Waals surface area contributed by atoms with Crippen molar-refractivity contribution in [3.05, 3.63) is 0 Å². The molecule has 1 saturated heterocycles. The van der Waals surface area contributed by atoms with Crippen LogP contribution in [0.2, 0.25) is 0 Å². The minimum absolute atomic E-state index is 0. The Labute approximate surface area is 85.2 Å². The van der Waals surface area contributed by atoms with E-state index in [-0.39, 0.29) is 5.48 Å². The largest absolute Gasteiger partial charge is 0.481 e. The van der Waals surface area contributed by atoms with E-state index in [2.05, 4.69) is 11.8 Å². The van der Waals surface area contributed by atoms with Gasteiger partial charge >= 0.3 is 5.97 Å². The first-order valence-electron chi connectivity index (χ1n) is 5.16. The molecule has 3 N–H and O–H groups in total. The smallest absolute Gasteiger partial charge is 0.303 e. The van der Waals surface area contributed by atoms with Crippen molar-refractivity contribution in [3.63, 3.8) is 0 Å². The Balaban J connectivity index is 0.00000169. The highest BCUT2D eigenvalue weighted by molar-refractivity contribution is 5.67. The summed E-state index contributed by atoms with van der Waals surface area (Å²) in [5.41, 5.74) is 0. The van der Waals surface area contributed by atoms with Crippen molar-refractivity contribution in [2.24, 2.45) is 5.92 Å². The summed E-state index contributed by atoms with van der Waals surface area (Å²) in [6.07, 6.45) is 3.68. The van der Waals surface area contributed by atoms with Crippen LogP contribution in [0.4, 0.5) is 0 Å². The van der Waals surface area contributed by atoms with Gasteiger partial charge in [-0.15, -0.1) is 0 Å². The summed E-state index contributed by atoms with van der Waals surface area (Å²) in [7, 11) is 0. The van der Waals surface area contributed by atoms with Crippen molar-refractivity contribution < 1.29 is 15.4 Å². The van der Waals surface area contributed by atoms with Crippen LogP contribution in [-0.4, -0.2) is 41.1 Å². The van der Waals surface area contributed by atoms with E-state index in [9.17, 15) is 4.79 Å². The molecule has 0 aromatic carbocycles. The topological polar surface area (TPSA) is 72.0 Å². The number of rotatable bonds is 4. The van der Waals surface area contributed by atoms with E-state index in [0.29, 0.717) is 12.3 Å². The van der Waals surface area contributed by atoms with Crippen LogP contribution in [0.1, 0.15) is 32.6 Å². The lowest BCUT2D eigenvalue weighted by molar-refractivity contribution is -0.138. The third-order valence-electron chi connectivity index (χ3n) is 2.71. The SMILES string of the molecule is CCCN1CCC(CC(=O)O)CC1.O. The molecule has 0 bridgehead atoms. The molecule has 84 valence electrons. The second kappa shape index (κ2) is 6.79. The average Bonchev–Trinajstić information content (AvgIpc) is 2.08. The van der Waals surface area contributed by atoms with Gasteiger partial charge in [0.15, 0.2) is 0 Å². The quantitative estimate of drug-likeness (QED) is 0.733. The summed E-state index contributed by atoms with van der Waals surface area (Å²) < 4.78 is 0. The molecule has 0 amide bonds. The fourth-order valence-corrected chi connectivity index (χ4v) is 1.98. The molecule has 1 fully saturated rings. The van der Waals surface area contributed by atoms with Crippen LogP contribution in [0.15, 0.2) is 0 Å². The predicted octanol–water partition coefficient (Wildman–Crippen LogP) is 0.758. The Kier molecular flexibility index (Phi) is 6.49. The lowest BCUT2D eigenvalue weighted by Crippen LogP contribution is -2.34. The molecule has 0 aromatic heterocycles. The molecule has 0 aromatic rings. The number of likely N-dealkylation sites (tertiary alicyclic amines) is 1. The minimum atomic E-state index is -0.644. The minimum Gasteiger partial charge on any atom is -0.481 e. The highest BCUT2D eigenvalue weighted by Gasteiger charge is 2.20. The van der Waals surface area contributed by atoms with E-state index < -0.39 is 5.97 Å². The molecule has 0 unspecified atom stereocenters. The number of carboxylic acids is 1. The molecule has 1 heterocycles. The first-order chi connectivity index (χ1) is 6.22. The molecule has 0 atom stereocenters. The van der Waals surface area contributed by atoms with Gasteiger partial charge in [-0.2, -0.15) is 0 Å². The molecular weight excluding hydrogens is 182 g/mol. The lowest BCUT2D eigenvalue weighted by atomic mass is 9.93. The van der Waals surface area contributed by atoms with Crippen molar-refractivity contribution in [3.8, 4) is 0 Å². The van der Waals surface area contributed by atoms with E-state index in [1.807, 2.05) is 0 Å². The summed E-state index contributed by atoms with van der Waals surface area (Å²) in [4.78, 5) is 12.9. The summed E-state index contributed by atoms with van der Waals surface area (Å²) in [5, 5.41) is 8.62. The van der Waals surface area contributed by atoms with E-state index in [1.165, 1.54) is 13.0 Å². The maximum absolute atomic E-state index is 10.5. The summed E-state index contributed by atoms with van der Waals surface area (Å²) in [6, 6.07) is 0.